The number of ether oxygens (including phenoxy) is 1. The summed E-state index contributed by atoms with van der Waals surface area (Å²) < 4.78 is 5.39. The van der Waals surface area contributed by atoms with Gasteiger partial charge in [-0.25, -0.2) is 0 Å². The fourth-order valence-corrected chi connectivity index (χ4v) is 2.83. The van der Waals surface area contributed by atoms with Gasteiger partial charge in [-0.15, -0.1) is 11.6 Å². The van der Waals surface area contributed by atoms with Crippen molar-refractivity contribution in [2.24, 2.45) is 5.92 Å². The van der Waals surface area contributed by atoms with E-state index in [9.17, 15) is 0 Å². The third kappa shape index (κ3) is 4.50. The first kappa shape index (κ1) is 15.9. The summed E-state index contributed by atoms with van der Waals surface area (Å²) in [5.41, 5.74) is 3.68. The Kier molecular flexibility index (Phi) is 5.69. The molecule has 0 heterocycles. The molecular formula is C19H23ClO. The van der Waals surface area contributed by atoms with Crippen LogP contribution in [0.2, 0.25) is 0 Å². The van der Waals surface area contributed by atoms with Crippen molar-refractivity contribution in [1.82, 2.24) is 0 Å². The number of hydrogen-bond acceptors (Lipinski definition) is 1. The lowest BCUT2D eigenvalue weighted by atomic mass is 9.99. The predicted molar refractivity (Wildman–Crippen MR) is 90.3 cm³/mol. The molecule has 2 aromatic carbocycles. The molecule has 112 valence electrons. The van der Waals surface area contributed by atoms with E-state index in [-0.39, 0.29) is 5.38 Å². The van der Waals surface area contributed by atoms with Crippen molar-refractivity contribution in [3.05, 3.63) is 65.2 Å². The van der Waals surface area contributed by atoms with Gasteiger partial charge in [-0.05, 0) is 41.5 Å². The summed E-state index contributed by atoms with van der Waals surface area (Å²) in [7, 11) is 1.70. The van der Waals surface area contributed by atoms with E-state index in [1.54, 1.807) is 7.11 Å². The van der Waals surface area contributed by atoms with E-state index in [0.717, 1.165) is 29.7 Å². The Bertz CT molecular complexity index is 560. The topological polar surface area (TPSA) is 9.23 Å². The van der Waals surface area contributed by atoms with Gasteiger partial charge in [0.25, 0.3) is 0 Å². The third-order valence-corrected chi connectivity index (χ3v) is 3.98. The Morgan fingerprint density at radius 3 is 2.24 bits per heavy atom. The predicted octanol–water partition coefficient (Wildman–Crippen LogP) is 5.42. The summed E-state index contributed by atoms with van der Waals surface area (Å²) in [6, 6.07) is 16.7. The van der Waals surface area contributed by atoms with Crippen LogP contribution in [0.25, 0.3) is 0 Å². The van der Waals surface area contributed by atoms with Crippen molar-refractivity contribution < 1.29 is 4.74 Å². The molecule has 0 spiro atoms. The van der Waals surface area contributed by atoms with E-state index in [4.69, 9.17) is 16.3 Å². The maximum Gasteiger partial charge on any atom is 0.122 e. The van der Waals surface area contributed by atoms with Gasteiger partial charge >= 0.3 is 0 Å². The first-order valence-electron chi connectivity index (χ1n) is 7.45. The lowest BCUT2D eigenvalue weighted by Gasteiger charge is -2.14. The molecule has 0 amide bonds. The minimum absolute atomic E-state index is 0.0330. The lowest BCUT2D eigenvalue weighted by molar-refractivity contribution is 0.409. The van der Waals surface area contributed by atoms with Crippen molar-refractivity contribution in [2.75, 3.05) is 7.11 Å². The molecule has 1 nitrogen and oxygen atoms in total. The van der Waals surface area contributed by atoms with Crippen LogP contribution in [0.4, 0.5) is 0 Å². The summed E-state index contributed by atoms with van der Waals surface area (Å²) in [6.07, 6.45) is 1.88. The summed E-state index contributed by atoms with van der Waals surface area (Å²) in [5, 5.41) is -0.0330. The molecule has 0 aliphatic heterocycles. The number of para-hydroxylation sites is 1. The average molecular weight is 303 g/mol. The second-order valence-electron chi connectivity index (χ2n) is 5.82. The lowest BCUT2D eigenvalue weighted by Crippen LogP contribution is -1.99. The second kappa shape index (κ2) is 7.51. The summed E-state index contributed by atoms with van der Waals surface area (Å²) in [4.78, 5) is 0. The van der Waals surface area contributed by atoms with Crippen molar-refractivity contribution in [2.45, 2.75) is 32.1 Å². The highest BCUT2D eigenvalue weighted by atomic mass is 35.5. The van der Waals surface area contributed by atoms with Gasteiger partial charge in [0, 0.05) is 0 Å². The van der Waals surface area contributed by atoms with Crippen molar-refractivity contribution >= 4 is 11.6 Å². The Balaban J connectivity index is 2.07. The highest BCUT2D eigenvalue weighted by molar-refractivity contribution is 6.20. The van der Waals surface area contributed by atoms with Crippen LogP contribution in [0.3, 0.4) is 0 Å². The number of rotatable bonds is 6. The molecule has 0 fully saturated rings. The zero-order chi connectivity index (χ0) is 15.2. The standard InChI is InChI=1S/C19H23ClO/c1-14(2)12-15-8-10-16(11-9-15)18(20)13-17-6-4-5-7-19(17)21-3/h4-11,14,18H,12-13H2,1-3H3. The summed E-state index contributed by atoms with van der Waals surface area (Å²) >= 11 is 6.57. The number of hydrogen-bond donors (Lipinski definition) is 0. The van der Waals surface area contributed by atoms with Gasteiger partial charge in [0.2, 0.25) is 0 Å². The molecule has 0 radical (unpaired) electrons. The van der Waals surface area contributed by atoms with E-state index >= 15 is 0 Å². The molecule has 0 aliphatic carbocycles. The smallest absolute Gasteiger partial charge is 0.122 e. The van der Waals surface area contributed by atoms with Gasteiger partial charge in [-0.1, -0.05) is 56.3 Å². The number of benzene rings is 2. The molecule has 21 heavy (non-hydrogen) atoms. The zero-order valence-electron chi connectivity index (χ0n) is 13.0. The Morgan fingerprint density at radius 2 is 1.62 bits per heavy atom. The van der Waals surface area contributed by atoms with Crippen molar-refractivity contribution in [1.29, 1.82) is 0 Å². The molecule has 0 saturated carbocycles. The Labute approximate surface area is 132 Å². The van der Waals surface area contributed by atoms with Crippen LogP contribution in [-0.4, -0.2) is 7.11 Å². The maximum absolute atomic E-state index is 6.57. The maximum atomic E-state index is 6.57. The molecular weight excluding hydrogens is 280 g/mol. The van der Waals surface area contributed by atoms with Crippen LogP contribution in [0.15, 0.2) is 48.5 Å². The van der Waals surface area contributed by atoms with E-state index in [1.165, 1.54) is 5.56 Å². The summed E-state index contributed by atoms with van der Waals surface area (Å²) in [5.74, 6) is 1.58. The molecule has 0 aliphatic rings. The fourth-order valence-electron chi connectivity index (χ4n) is 2.52. The van der Waals surface area contributed by atoms with Gasteiger partial charge in [-0.2, -0.15) is 0 Å². The minimum atomic E-state index is -0.0330. The van der Waals surface area contributed by atoms with E-state index in [1.807, 2.05) is 18.2 Å². The van der Waals surface area contributed by atoms with Gasteiger partial charge in [0.15, 0.2) is 0 Å². The highest BCUT2D eigenvalue weighted by Gasteiger charge is 2.12. The fraction of sp³-hybridized carbons (Fsp3) is 0.368. The first-order valence-corrected chi connectivity index (χ1v) is 7.88. The molecule has 0 aromatic heterocycles. The van der Waals surface area contributed by atoms with Crippen LogP contribution >= 0.6 is 11.6 Å². The van der Waals surface area contributed by atoms with E-state index < -0.39 is 0 Å². The van der Waals surface area contributed by atoms with Crippen LogP contribution in [0.1, 0.15) is 35.9 Å². The highest BCUT2D eigenvalue weighted by Crippen LogP contribution is 2.29. The van der Waals surface area contributed by atoms with Gasteiger partial charge in [0.1, 0.15) is 5.75 Å². The van der Waals surface area contributed by atoms with Crippen molar-refractivity contribution in [3.63, 3.8) is 0 Å². The number of halogens is 1. The second-order valence-corrected chi connectivity index (χ2v) is 6.35. The molecule has 1 unspecified atom stereocenters. The van der Waals surface area contributed by atoms with Crippen LogP contribution < -0.4 is 4.74 Å². The monoisotopic (exact) mass is 302 g/mol. The summed E-state index contributed by atoms with van der Waals surface area (Å²) in [6.45, 7) is 4.47. The van der Waals surface area contributed by atoms with Crippen molar-refractivity contribution in [3.8, 4) is 5.75 Å². The Hall–Kier alpha value is -1.47. The molecule has 0 bridgehead atoms. The molecule has 2 rings (SSSR count). The van der Waals surface area contributed by atoms with Crippen LogP contribution in [0, 0.1) is 5.92 Å². The van der Waals surface area contributed by atoms with Gasteiger partial charge in [-0.3, -0.25) is 0 Å². The first-order chi connectivity index (χ1) is 10.1. The van der Waals surface area contributed by atoms with E-state index in [0.29, 0.717) is 5.92 Å². The zero-order valence-corrected chi connectivity index (χ0v) is 13.7. The van der Waals surface area contributed by atoms with Crippen LogP contribution in [-0.2, 0) is 12.8 Å². The van der Waals surface area contributed by atoms with Gasteiger partial charge in [0.05, 0.1) is 12.5 Å². The molecule has 1 atom stereocenters. The molecule has 0 saturated heterocycles. The van der Waals surface area contributed by atoms with Crippen LogP contribution in [0.5, 0.6) is 5.75 Å². The molecule has 2 heteroatoms. The number of methoxy groups -OCH3 is 1. The third-order valence-electron chi connectivity index (χ3n) is 3.58. The Morgan fingerprint density at radius 1 is 0.952 bits per heavy atom. The quantitative estimate of drug-likeness (QED) is 0.648. The van der Waals surface area contributed by atoms with E-state index in [2.05, 4.69) is 44.2 Å². The normalized spacial score (nSPS) is 12.4. The number of alkyl halides is 1. The molecule has 2 aromatic rings. The minimum Gasteiger partial charge on any atom is -0.496 e. The average Bonchev–Trinajstić information content (AvgIpc) is 2.48. The van der Waals surface area contributed by atoms with Gasteiger partial charge < -0.3 is 4.74 Å². The molecule has 0 N–H and O–H groups in total. The largest absolute Gasteiger partial charge is 0.496 e. The SMILES string of the molecule is COc1ccccc1CC(Cl)c1ccc(CC(C)C)cc1.